The van der Waals surface area contributed by atoms with Crippen LogP contribution in [0.3, 0.4) is 0 Å². The summed E-state index contributed by atoms with van der Waals surface area (Å²) in [7, 11) is 0. The second-order valence-corrected chi connectivity index (χ2v) is 9.07. The Balaban J connectivity index is 1.23. The first-order valence-corrected chi connectivity index (χ1v) is 11.9. The molecular weight excluding hydrogens is 484 g/mol. The molecule has 0 aliphatic heterocycles. The van der Waals surface area contributed by atoms with Crippen LogP contribution in [0.2, 0.25) is 0 Å². The summed E-state index contributed by atoms with van der Waals surface area (Å²) in [4.78, 5) is 43.1. The fourth-order valence-corrected chi connectivity index (χ4v) is 4.62. The molecule has 0 saturated heterocycles. The van der Waals surface area contributed by atoms with Gasteiger partial charge >= 0.3 is 5.76 Å². The number of fused-ring (bicyclic) bond motifs is 1. The second-order valence-electron chi connectivity index (χ2n) is 9.07. The Morgan fingerprint density at radius 1 is 0.974 bits per heavy atom. The van der Waals surface area contributed by atoms with Gasteiger partial charge in [-0.05, 0) is 48.2 Å². The molecule has 0 bridgehead atoms. The van der Waals surface area contributed by atoms with Crippen molar-refractivity contribution in [2.45, 2.75) is 12.3 Å². The molecule has 1 aliphatic carbocycles. The summed E-state index contributed by atoms with van der Waals surface area (Å²) in [5.41, 5.74) is 3.60. The maximum Gasteiger partial charge on any atom is 0.439 e. The Labute approximate surface area is 215 Å². The molecule has 0 radical (unpaired) electrons. The number of hydrogen-bond donors (Lipinski definition) is 4. The number of nitrogens with one attached hydrogen (secondary N) is 4. The SMILES string of the molecule is N#Cc1ccc(NC(=O)c2cc3cccc(NC(=O)C4CC4c4ccccc4)c3[nH]2)c(-c2noc(=O)[nH]2)c1. The smallest absolute Gasteiger partial charge is 0.349 e. The molecule has 10 heteroatoms. The molecule has 6 rings (SSSR count). The molecule has 2 amide bonds. The van der Waals surface area contributed by atoms with Gasteiger partial charge in [0, 0.05) is 16.9 Å². The Hall–Kier alpha value is -5.43. The van der Waals surface area contributed by atoms with E-state index >= 15 is 0 Å². The molecular formula is C28H20N6O4. The number of H-pyrrole nitrogens is 2. The number of para-hydroxylation sites is 1. The molecule has 4 N–H and O–H groups in total. The first-order chi connectivity index (χ1) is 18.5. The highest BCUT2D eigenvalue weighted by Crippen LogP contribution is 2.48. The van der Waals surface area contributed by atoms with Crippen LogP contribution < -0.4 is 16.4 Å². The minimum Gasteiger partial charge on any atom is -0.349 e. The average Bonchev–Trinajstić information content (AvgIpc) is 3.43. The Bertz CT molecular complexity index is 1790. The Morgan fingerprint density at radius 2 is 1.82 bits per heavy atom. The van der Waals surface area contributed by atoms with Gasteiger partial charge < -0.3 is 15.6 Å². The number of amides is 2. The monoisotopic (exact) mass is 504 g/mol. The summed E-state index contributed by atoms with van der Waals surface area (Å²) in [5, 5.41) is 19.5. The van der Waals surface area contributed by atoms with Crippen LogP contribution >= 0.6 is 0 Å². The highest BCUT2D eigenvalue weighted by atomic mass is 16.5. The molecule has 38 heavy (non-hydrogen) atoms. The number of hydrogen-bond acceptors (Lipinski definition) is 6. The highest BCUT2D eigenvalue weighted by Gasteiger charge is 2.43. The lowest BCUT2D eigenvalue weighted by atomic mass is 10.1. The van der Waals surface area contributed by atoms with Crippen molar-refractivity contribution in [2.75, 3.05) is 10.6 Å². The fourth-order valence-electron chi connectivity index (χ4n) is 4.62. The zero-order valence-electron chi connectivity index (χ0n) is 19.8. The van der Waals surface area contributed by atoms with Crippen LogP contribution in [0, 0.1) is 17.2 Å². The maximum absolute atomic E-state index is 13.2. The lowest BCUT2D eigenvalue weighted by Gasteiger charge is -2.09. The molecule has 2 heterocycles. The summed E-state index contributed by atoms with van der Waals surface area (Å²) in [6, 6.07) is 23.7. The van der Waals surface area contributed by atoms with Gasteiger partial charge in [-0.25, -0.2) is 4.79 Å². The number of anilines is 2. The van der Waals surface area contributed by atoms with E-state index in [0.717, 1.165) is 17.4 Å². The van der Waals surface area contributed by atoms with Gasteiger partial charge in [0.2, 0.25) is 5.91 Å². The molecule has 3 aromatic carbocycles. The van der Waals surface area contributed by atoms with Gasteiger partial charge in [-0.2, -0.15) is 5.26 Å². The first kappa shape index (κ1) is 23.0. The molecule has 0 spiro atoms. The molecule has 2 aromatic heterocycles. The number of nitriles is 1. The molecule has 2 unspecified atom stereocenters. The highest BCUT2D eigenvalue weighted by molar-refractivity contribution is 6.10. The van der Waals surface area contributed by atoms with E-state index in [1.54, 1.807) is 18.2 Å². The number of carbonyl (C=O) groups excluding carboxylic acids is 2. The lowest BCUT2D eigenvalue weighted by Crippen LogP contribution is -2.15. The summed E-state index contributed by atoms with van der Waals surface area (Å²) >= 11 is 0. The fraction of sp³-hybridized carbons (Fsp3) is 0.107. The largest absolute Gasteiger partial charge is 0.439 e. The minimum absolute atomic E-state index is 0.0595. The van der Waals surface area contributed by atoms with Crippen LogP contribution in [0.5, 0.6) is 0 Å². The van der Waals surface area contributed by atoms with E-state index in [-0.39, 0.29) is 29.3 Å². The van der Waals surface area contributed by atoms with Gasteiger partial charge in [0.25, 0.3) is 5.91 Å². The van der Waals surface area contributed by atoms with Crippen molar-refractivity contribution in [3.05, 3.63) is 100 Å². The molecule has 186 valence electrons. The van der Waals surface area contributed by atoms with E-state index in [0.29, 0.717) is 28.0 Å². The maximum atomic E-state index is 13.2. The topological polar surface area (TPSA) is 157 Å². The van der Waals surface area contributed by atoms with Crippen molar-refractivity contribution in [3.8, 4) is 17.5 Å². The van der Waals surface area contributed by atoms with E-state index in [2.05, 4.69) is 30.3 Å². The number of carbonyl (C=O) groups is 2. The average molecular weight is 505 g/mol. The predicted octanol–water partition coefficient (Wildman–Crippen LogP) is 4.38. The quantitative estimate of drug-likeness (QED) is 0.269. The summed E-state index contributed by atoms with van der Waals surface area (Å²) < 4.78 is 4.58. The second kappa shape index (κ2) is 9.22. The minimum atomic E-state index is -0.758. The summed E-state index contributed by atoms with van der Waals surface area (Å²) in [6.07, 6.45) is 0.800. The van der Waals surface area contributed by atoms with Crippen molar-refractivity contribution in [1.82, 2.24) is 15.1 Å². The van der Waals surface area contributed by atoms with Crippen molar-refractivity contribution in [2.24, 2.45) is 5.92 Å². The van der Waals surface area contributed by atoms with E-state index in [9.17, 15) is 19.6 Å². The molecule has 2 atom stereocenters. The van der Waals surface area contributed by atoms with Crippen LogP contribution in [-0.4, -0.2) is 26.9 Å². The number of rotatable bonds is 6. The third kappa shape index (κ3) is 4.33. The molecule has 1 saturated carbocycles. The van der Waals surface area contributed by atoms with Crippen LogP contribution in [0.15, 0.2) is 82.1 Å². The van der Waals surface area contributed by atoms with Crippen molar-refractivity contribution in [1.29, 1.82) is 5.26 Å². The van der Waals surface area contributed by atoms with Gasteiger partial charge in [-0.3, -0.25) is 19.1 Å². The van der Waals surface area contributed by atoms with Crippen molar-refractivity contribution >= 4 is 34.1 Å². The van der Waals surface area contributed by atoms with Gasteiger partial charge in [-0.1, -0.05) is 47.6 Å². The van der Waals surface area contributed by atoms with Gasteiger partial charge in [0.05, 0.1) is 28.5 Å². The molecule has 1 aliphatic rings. The molecule has 5 aromatic rings. The Kier molecular flexibility index (Phi) is 5.58. The third-order valence-corrected chi connectivity index (χ3v) is 6.61. The molecule has 1 fully saturated rings. The van der Waals surface area contributed by atoms with Crippen molar-refractivity contribution in [3.63, 3.8) is 0 Å². The predicted molar refractivity (Wildman–Crippen MR) is 139 cm³/mol. The van der Waals surface area contributed by atoms with Crippen LogP contribution in [0.25, 0.3) is 22.3 Å². The Morgan fingerprint density at radius 3 is 2.58 bits per heavy atom. The van der Waals surface area contributed by atoms with Gasteiger partial charge in [0.15, 0.2) is 5.82 Å². The third-order valence-electron chi connectivity index (χ3n) is 6.61. The van der Waals surface area contributed by atoms with E-state index in [1.807, 2.05) is 48.5 Å². The van der Waals surface area contributed by atoms with Crippen molar-refractivity contribution < 1.29 is 14.1 Å². The lowest BCUT2D eigenvalue weighted by molar-refractivity contribution is -0.117. The van der Waals surface area contributed by atoms with Crippen LogP contribution in [-0.2, 0) is 4.79 Å². The number of aromatic amines is 2. The van der Waals surface area contributed by atoms with Crippen LogP contribution in [0.4, 0.5) is 11.4 Å². The normalized spacial score (nSPS) is 16.1. The van der Waals surface area contributed by atoms with E-state index < -0.39 is 11.7 Å². The number of nitrogens with zero attached hydrogens (tertiary/aromatic N) is 2. The number of aromatic nitrogens is 3. The van der Waals surface area contributed by atoms with Gasteiger partial charge in [0.1, 0.15) is 5.69 Å². The van der Waals surface area contributed by atoms with Crippen LogP contribution in [0.1, 0.15) is 34.0 Å². The van der Waals surface area contributed by atoms with E-state index in [1.165, 1.54) is 12.1 Å². The first-order valence-electron chi connectivity index (χ1n) is 11.9. The zero-order valence-corrected chi connectivity index (χ0v) is 19.8. The number of benzene rings is 3. The standard InChI is InChI=1S/C28H20N6O4/c29-14-15-9-10-21(20(11-15)25-33-28(37)38-34-25)31-27(36)23-12-17-7-4-8-22(24(17)30-23)32-26(35)19-13-18(19)16-5-2-1-3-6-16/h1-12,18-19,30H,13H2,(H,31,36)(H,32,35)(H,33,34,37). The summed E-state index contributed by atoms with van der Waals surface area (Å²) in [5.74, 6) is -1.08. The summed E-state index contributed by atoms with van der Waals surface area (Å²) in [6.45, 7) is 0. The molecule has 10 nitrogen and oxygen atoms in total. The zero-order chi connectivity index (χ0) is 26.2. The van der Waals surface area contributed by atoms with E-state index in [4.69, 9.17) is 0 Å². The van der Waals surface area contributed by atoms with Gasteiger partial charge in [-0.15, -0.1) is 0 Å².